The van der Waals surface area contributed by atoms with Crippen LogP contribution in [0.3, 0.4) is 0 Å². The molecule has 0 aliphatic rings. The van der Waals surface area contributed by atoms with E-state index in [4.69, 9.17) is 9.97 Å². The van der Waals surface area contributed by atoms with Gasteiger partial charge in [0.05, 0.1) is 11.0 Å². The highest BCUT2D eigenvalue weighted by molar-refractivity contribution is 7.25. The van der Waals surface area contributed by atoms with Crippen molar-refractivity contribution in [3.8, 4) is 39.3 Å². The number of fused-ring (bicyclic) bond motifs is 7. The number of thiophene rings is 1. The number of para-hydroxylation sites is 1. The summed E-state index contributed by atoms with van der Waals surface area (Å²) in [4.78, 5) is 12.0. The van der Waals surface area contributed by atoms with E-state index in [0.717, 1.165) is 66.1 Å². The number of benzene rings is 7. The first-order valence-electron chi connectivity index (χ1n) is 16.2. The summed E-state index contributed by atoms with van der Waals surface area (Å²) in [6, 6.07) is 58.5. The molecule has 7 aromatic carbocycles. The molecule has 0 spiro atoms. The quantitative estimate of drug-likeness (QED) is 0.194. The lowest BCUT2D eigenvalue weighted by molar-refractivity contribution is 1.09. The Bertz CT molecular complexity index is 2770. The molecule has 0 N–H and O–H groups in total. The summed E-state index contributed by atoms with van der Waals surface area (Å²) in [5, 5.41) is 5.95. The van der Waals surface area contributed by atoms with Crippen LogP contribution in [0.2, 0.25) is 0 Å². The van der Waals surface area contributed by atoms with E-state index in [-0.39, 0.29) is 0 Å². The minimum absolute atomic E-state index is 0.830. The first-order valence-corrected chi connectivity index (χ1v) is 17.0. The lowest BCUT2D eigenvalue weighted by atomic mass is 9.95. The molecule has 224 valence electrons. The molecule has 0 fully saturated rings. The van der Waals surface area contributed by atoms with Crippen molar-refractivity contribution >= 4 is 64.3 Å². The summed E-state index contributed by atoms with van der Waals surface area (Å²) in [7, 11) is 0. The maximum Gasteiger partial charge on any atom is 0.165 e. The maximum atomic E-state index is 5.58. The van der Waals surface area contributed by atoms with E-state index in [2.05, 4.69) is 168 Å². The van der Waals surface area contributed by atoms with Gasteiger partial charge >= 0.3 is 0 Å². The highest BCUT2D eigenvalue weighted by atomic mass is 32.1. The summed E-state index contributed by atoms with van der Waals surface area (Å²) in [6.45, 7) is 0. The van der Waals surface area contributed by atoms with Crippen LogP contribution in [0.1, 0.15) is 0 Å². The monoisotopic (exact) mass is 629 g/mol. The Morgan fingerprint density at radius 3 is 1.73 bits per heavy atom. The second-order valence-electron chi connectivity index (χ2n) is 12.2. The van der Waals surface area contributed by atoms with Crippen LogP contribution in [0.4, 0.5) is 0 Å². The zero-order valence-electron chi connectivity index (χ0n) is 25.8. The minimum Gasteiger partial charge on any atom is -0.292 e. The fourth-order valence-corrected chi connectivity index (χ4v) is 8.12. The summed E-state index contributed by atoms with van der Waals surface area (Å²) >= 11 is 1.70. The van der Waals surface area contributed by atoms with Crippen LogP contribution in [0.25, 0.3) is 92.3 Å². The number of hydrogen-bond acceptors (Lipinski definition) is 3. The van der Waals surface area contributed by atoms with E-state index < -0.39 is 0 Å². The number of nitrogens with zero attached hydrogens (tertiary/aromatic N) is 3. The third-order valence-electron chi connectivity index (χ3n) is 9.37. The lowest BCUT2D eigenvalue weighted by Crippen LogP contribution is -2.03. The highest BCUT2D eigenvalue weighted by Gasteiger charge is 2.22. The highest BCUT2D eigenvalue weighted by Crippen LogP contribution is 2.41. The summed E-state index contributed by atoms with van der Waals surface area (Å²) in [5.41, 5.74) is 9.67. The molecule has 0 bridgehead atoms. The van der Waals surface area contributed by atoms with Crippen molar-refractivity contribution in [2.45, 2.75) is 0 Å². The zero-order chi connectivity index (χ0) is 31.6. The standard InChI is InChI=1S/C44H27N3S/c1-3-13-28(14-4-1)32-23-33(29-15-5-2-6-16-29)25-34(24-32)41-43(45-42-36-20-10-12-22-40(36)48-44(42)46-41)47-38-21-11-9-19-35(38)37-26-30-17-7-8-18-31(30)27-39(37)47/h1-27H. The van der Waals surface area contributed by atoms with E-state index in [1.165, 1.54) is 26.2 Å². The SMILES string of the molecule is c1ccc(-c2cc(-c3ccccc3)cc(-c3nc4sc5ccccc5c4nc3-n3c4ccccc4c4cc5ccccc5cc43)c2)cc1. The first kappa shape index (κ1) is 27.1. The molecule has 3 heterocycles. The van der Waals surface area contributed by atoms with Gasteiger partial charge in [-0.3, -0.25) is 4.57 Å². The molecular formula is C44H27N3S. The molecule has 3 nitrogen and oxygen atoms in total. The van der Waals surface area contributed by atoms with Gasteiger partial charge in [-0.05, 0) is 75.5 Å². The van der Waals surface area contributed by atoms with Gasteiger partial charge in [-0.25, -0.2) is 9.97 Å². The summed E-state index contributed by atoms with van der Waals surface area (Å²) < 4.78 is 3.52. The Morgan fingerprint density at radius 2 is 1.00 bits per heavy atom. The first-order chi connectivity index (χ1) is 23.8. The van der Waals surface area contributed by atoms with E-state index in [0.29, 0.717) is 0 Å². The molecule has 10 aromatic rings. The van der Waals surface area contributed by atoms with E-state index in [1.807, 2.05) is 0 Å². The molecule has 0 unspecified atom stereocenters. The topological polar surface area (TPSA) is 30.7 Å². The molecule has 10 rings (SSSR count). The molecule has 0 radical (unpaired) electrons. The van der Waals surface area contributed by atoms with Crippen LogP contribution < -0.4 is 0 Å². The Labute approximate surface area is 281 Å². The van der Waals surface area contributed by atoms with Gasteiger partial charge in [0.25, 0.3) is 0 Å². The Morgan fingerprint density at radius 1 is 0.417 bits per heavy atom. The number of hydrogen-bond donors (Lipinski definition) is 0. The third kappa shape index (κ3) is 4.27. The molecule has 3 aromatic heterocycles. The van der Waals surface area contributed by atoms with Crippen molar-refractivity contribution in [3.05, 3.63) is 164 Å². The van der Waals surface area contributed by atoms with Crippen molar-refractivity contribution in [1.82, 2.24) is 14.5 Å². The Kier molecular flexibility index (Phi) is 6.05. The predicted octanol–water partition coefficient (Wildman–Crippen LogP) is 12.1. The van der Waals surface area contributed by atoms with E-state index in [1.54, 1.807) is 11.3 Å². The summed E-state index contributed by atoms with van der Waals surface area (Å²) in [6.07, 6.45) is 0. The van der Waals surface area contributed by atoms with Crippen molar-refractivity contribution in [3.63, 3.8) is 0 Å². The zero-order valence-corrected chi connectivity index (χ0v) is 26.7. The van der Waals surface area contributed by atoms with Crippen molar-refractivity contribution in [2.24, 2.45) is 0 Å². The largest absolute Gasteiger partial charge is 0.292 e. The molecule has 0 saturated heterocycles. The van der Waals surface area contributed by atoms with Gasteiger partial charge in [-0.1, -0.05) is 121 Å². The van der Waals surface area contributed by atoms with Crippen LogP contribution >= 0.6 is 11.3 Å². The molecule has 0 aliphatic heterocycles. The number of aromatic nitrogens is 3. The maximum absolute atomic E-state index is 5.58. The van der Waals surface area contributed by atoms with Crippen molar-refractivity contribution in [1.29, 1.82) is 0 Å². The molecular weight excluding hydrogens is 603 g/mol. The molecule has 4 heteroatoms. The average molecular weight is 630 g/mol. The van der Waals surface area contributed by atoms with Gasteiger partial charge in [0.2, 0.25) is 0 Å². The van der Waals surface area contributed by atoms with Crippen molar-refractivity contribution < 1.29 is 0 Å². The third-order valence-corrected chi connectivity index (χ3v) is 10.4. The second kappa shape index (κ2) is 10.7. The summed E-state index contributed by atoms with van der Waals surface area (Å²) in [5.74, 6) is 0.830. The average Bonchev–Trinajstić information content (AvgIpc) is 3.68. The normalized spacial score (nSPS) is 11.8. The van der Waals surface area contributed by atoms with Crippen LogP contribution in [-0.2, 0) is 0 Å². The molecule has 0 aliphatic carbocycles. The van der Waals surface area contributed by atoms with Crippen LogP contribution in [0.15, 0.2) is 164 Å². The molecule has 0 amide bonds. The van der Waals surface area contributed by atoms with Gasteiger partial charge < -0.3 is 0 Å². The number of rotatable bonds is 4. The minimum atomic E-state index is 0.830. The van der Waals surface area contributed by atoms with Gasteiger partial charge in [0.1, 0.15) is 16.0 Å². The van der Waals surface area contributed by atoms with Crippen LogP contribution in [-0.4, -0.2) is 14.5 Å². The fourth-order valence-electron chi connectivity index (χ4n) is 7.10. The molecule has 0 saturated carbocycles. The molecule has 48 heavy (non-hydrogen) atoms. The van der Waals surface area contributed by atoms with Crippen LogP contribution in [0.5, 0.6) is 0 Å². The second-order valence-corrected chi connectivity index (χ2v) is 13.3. The van der Waals surface area contributed by atoms with E-state index in [9.17, 15) is 0 Å². The van der Waals surface area contributed by atoms with Crippen molar-refractivity contribution in [2.75, 3.05) is 0 Å². The van der Waals surface area contributed by atoms with Gasteiger partial charge in [-0.2, -0.15) is 0 Å². The van der Waals surface area contributed by atoms with Gasteiger partial charge in [-0.15, -0.1) is 11.3 Å². The van der Waals surface area contributed by atoms with Gasteiger partial charge in [0.15, 0.2) is 5.82 Å². The molecule has 0 atom stereocenters. The van der Waals surface area contributed by atoms with Gasteiger partial charge in [0, 0.05) is 26.4 Å². The Hall–Kier alpha value is -6.10. The predicted molar refractivity (Wildman–Crippen MR) is 203 cm³/mol. The van der Waals surface area contributed by atoms with E-state index >= 15 is 0 Å². The lowest BCUT2D eigenvalue weighted by Gasteiger charge is -2.15. The smallest absolute Gasteiger partial charge is 0.165 e. The Balaban J connectivity index is 1.35. The van der Waals surface area contributed by atoms with Crippen LogP contribution in [0, 0.1) is 0 Å². The fraction of sp³-hybridized carbons (Fsp3) is 0.